The summed E-state index contributed by atoms with van der Waals surface area (Å²) in [5, 5.41) is 10.2. The minimum atomic E-state index is -4.00. The fraction of sp³-hybridized carbons (Fsp3) is 0.250. The highest BCUT2D eigenvalue weighted by molar-refractivity contribution is 7.92. The van der Waals surface area contributed by atoms with Crippen molar-refractivity contribution < 1.29 is 18.1 Å². The standard InChI is InChI=1S/C20H22N2O5S/c1-3-17(23)15-28(26,27)20(18-11-7-8-12-19(18)22(24)25)14-21(2)13-16-9-5-4-6-10-16/h3-12,20H,1,13-15H2,2H3. The Hall–Kier alpha value is -2.84. The van der Waals surface area contributed by atoms with E-state index >= 15 is 0 Å². The number of allylic oxidation sites excluding steroid dienone is 1. The summed E-state index contributed by atoms with van der Waals surface area (Å²) < 4.78 is 25.9. The van der Waals surface area contributed by atoms with E-state index in [4.69, 9.17) is 0 Å². The first-order valence-electron chi connectivity index (χ1n) is 8.57. The largest absolute Gasteiger partial charge is 0.300 e. The summed E-state index contributed by atoms with van der Waals surface area (Å²) in [6.45, 7) is 3.77. The highest BCUT2D eigenvalue weighted by Crippen LogP contribution is 2.32. The van der Waals surface area contributed by atoms with Crippen molar-refractivity contribution >= 4 is 21.3 Å². The molecule has 28 heavy (non-hydrogen) atoms. The zero-order chi connectivity index (χ0) is 20.7. The topological polar surface area (TPSA) is 97.6 Å². The van der Waals surface area contributed by atoms with Crippen LogP contribution in [-0.4, -0.2) is 43.4 Å². The maximum absolute atomic E-state index is 12.9. The number of hydrogen-bond acceptors (Lipinski definition) is 6. The molecule has 2 aromatic carbocycles. The van der Waals surface area contributed by atoms with Gasteiger partial charge in [-0.15, -0.1) is 0 Å². The zero-order valence-electron chi connectivity index (χ0n) is 15.5. The molecule has 148 valence electrons. The van der Waals surface area contributed by atoms with Crippen LogP contribution >= 0.6 is 0 Å². The quantitative estimate of drug-likeness (QED) is 0.344. The van der Waals surface area contributed by atoms with Gasteiger partial charge in [-0.25, -0.2) is 8.42 Å². The van der Waals surface area contributed by atoms with Gasteiger partial charge in [0.25, 0.3) is 5.69 Å². The summed E-state index contributed by atoms with van der Waals surface area (Å²) in [6, 6.07) is 15.2. The van der Waals surface area contributed by atoms with Crippen LogP contribution in [0.4, 0.5) is 5.69 Å². The third-order valence-electron chi connectivity index (χ3n) is 4.26. The zero-order valence-corrected chi connectivity index (χ0v) is 16.3. The van der Waals surface area contributed by atoms with E-state index in [0.29, 0.717) is 6.54 Å². The van der Waals surface area contributed by atoms with Crippen LogP contribution in [-0.2, 0) is 21.2 Å². The molecule has 0 radical (unpaired) electrons. The van der Waals surface area contributed by atoms with Gasteiger partial charge in [0.05, 0.1) is 4.92 Å². The van der Waals surface area contributed by atoms with Crippen LogP contribution in [0.15, 0.2) is 67.3 Å². The molecular weight excluding hydrogens is 380 g/mol. The summed E-state index contributed by atoms with van der Waals surface area (Å²) in [7, 11) is -2.26. The predicted octanol–water partition coefficient (Wildman–Crippen LogP) is 2.94. The van der Waals surface area contributed by atoms with Gasteiger partial charge in [0.1, 0.15) is 11.0 Å². The van der Waals surface area contributed by atoms with Crippen LogP contribution in [0.25, 0.3) is 0 Å². The van der Waals surface area contributed by atoms with Crippen LogP contribution in [0, 0.1) is 10.1 Å². The van der Waals surface area contributed by atoms with Crippen LogP contribution in [0.2, 0.25) is 0 Å². The van der Waals surface area contributed by atoms with Crippen molar-refractivity contribution in [1.82, 2.24) is 4.90 Å². The maximum atomic E-state index is 12.9. The SMILES string of the molecule is C=CC(=O)CS(=O)(=O)C(CN(C)Cc1ccccc1)c1ccccc1[N+](=O)[O-]. The van der Waals surface area contributed by atoms with E-state index in [1.54, 1.807) is 18.0 Å². The fourth-order valence-corrected chi connectivity index (χ4v) is 4.72. The Bertz CT molecular complexity index is 958. The lowest BCUT2D eigenvalue weighted by atomic mass is 10.1. The average Bonchev–Trinajstić information content (AvgIpc) is 2.66. The monoisotopic (exact) mass is 402 g/mol. The molecule has 0 N–H and O–H groups in total. The number of carbonyl (C=O) groups is 1. The van der Waals surface area contributed by atoms with Gasteiger partial charge in [-0.2, -0.15) is 0 Å². The number of rotatable bonds is 10. The van der Waals surface area contributed by atoms with Crippen molar-refractivity contribution in [2.24, 2.45) is 0 Å². The number of para-hydroxylation sites is 1. The Morgan fingerprint density at radius 1 is 1.18 bits per heavy atom. The molecule has 0 saturated heterocycles. The molecule has 0 heterocycles. The normalized spacial score (nSPS) is 12.5. The predicted molar refractivity (Wildman–Crippen MR) is 108 cm³/mol. The molecule has 1 unspecified atom stereocenters. The molecular formula is C20H22N2O5S. The lowest BCUT2D eigenvalue weighted by Gasteiger charge is -2.24. The summed E-state index contributed by atoms with van der Waals surface area (Å²) in [5.41, 5.74) is 0.769. The second kappa shape index (κ2) is 9.38. The number of ketones is 1. The van der Waals surface area contributed by atoms with Crippen molar-refractivity contribution in [3.63, 3.8) is 0 Å². The van der Waals surface area contributed by atoms with E-state index in [-0.39, 0.29) is 17.8 Å². The highest BCUT2D eigenvalue weighted by Gasteiger charge is 2.34. The maximum Gasteiger partial charge on any atom is 0.273 e. The summed E-state index contributed by atoms with van der Waals surface area (Å²) >= 11 is 0. The Kier molecular flexibility index (Phi) is 7.19. The number of sulfone groups is 1. The Balaban J connectivity index is 2.40. The molecule has 1 atom stereocenters. The molecule has 7 nitrogen and oxygen atoms in total. The molecule has 0 aliphatic heterocycles. The van der Waals surface area contributed by atoms with E-state index in [1.807, 2.05) is 30.3 Å². The van der Waals surface area contributed by atoms with Gasteiger partial charge in [-0.05, 0) is 18.7 Å². The summed E-state index contributed by atoms with van der Waals surface area (Å²) in [4.78, 5) is 24.3. The molecule has 0 amide bonds. The summed E-state index contributed by atoms with van der Waals surface area (Å²) in [5.74, 6) is -1.39. The van der Waals surface area contributed by atoms with Gasteiger partial charge in [-0.1, -0.05) is 55.1 Å². The van der Waals surface area contributed by atoms with Gasteiger partial charge in [0, 0.05) is 24.7 Å². The Labute approximate surface area is 164 Å². The van der Waals surface area contributed by atoms with Crippen molar-refractivity contribution in [3.05, 3.63) is 88.5 Å². The first-order valence-corrected chi connectivity index (χ1v) is 10.3. The fourth-order valence-electron chi connectivity index (χ4n) is 2.93. The number of carbonyl (C=O) groups excluding carboxylic acids is 1. The van der Waals surface area contributed by atoms with Crippen molar-refractivity contribution in [1.29, 1.82) is 0 Å². The first-order chi connectivity index (χ1) is 13.2. The Morgan fingerprint density at radius 3 is 2.39 bits per heavy atom. The molecule has 2 aromatic rings. The molecule has 0 saturated carbocycles. The van der Waals surface area contributed by atoms with Crippen LogP contribution < -0.4 is 0 Å². The number of nitrogens with zero attached hydrogens (tertiary/aromatic N) is 2. The van der Waals surface area contributed by atoms with Gasteiger partial charge in [0.15, 0.2) is 15.6 Å². The number of likely N-dealkylation sites (N-methyl/N-ethyl adjacent to an activating group) is 1. The number of benzene rings is 2. The molecule has 0 aromatic heterocycles. The van der Waals surface area contributed by atoms with Crippen molar-refractivity contribution in [2.45, 2.75) is 11.8 Å². The summed E-state index contributed by atoms with van der Waals surface area (Å²) in [6.07, 6.45) is 0.946. The third-order valence-corrected chi connectivity index (χ3v) is 6.21. The van der Waals surface area contributed by atoms with Crippen molar-refractivity contribution in [3.8, 4) is 0 Å². The first kappa shape index (κ1) is 21.5. The van der Waals surface area contributed by atoms with Crippen LogP contribution in [0.1, 0.15) is 16.4 Å². The van der Waals surface area contributed by atoms with Crippen LogP contribution in [0.3, 0.4) is 0 Å². The lowest BCUT2D eigenvalue weighted by molar-refractivity contribution is -0.385. The third kappa shape index (κ3) is 5.58. The van der Waals surface area contributed by atoms with Crippen LogP contribution in [0.5, 0.6) is 0 Å². The molecule has 0 aliphatic rings. The smallest absolute Gasteiger partial charge is 0.273 e. The van der Waals surface area contributed by atoms with E-state index in [9.17, 15) is 23.3 Å². The second-order valence-corrected chi connectivity index (χ2v) is 8.65. The van der Waals surface area contributed by atoms with E-state index < -0.39 is 31.5 Å². The minimum Gasteiger partial charge on any atom is -0.300 e. The molecule has 0 aliphatic carbocycles. The molecule has 0 fully saturated rings. The van der Waals surface area contributed by atoms with E-state index in [2.05, 4.69) is 6.58 Å². The van der Waals surface area contributed by atoms with Gasteiger partial charge < -0.3 is 4.90 Å². The second-order valence-electron chi connectivity index (χ2n) is 6.46. The number of nitro benzene ring substituents is 1. The van der Waals surface area contributed by atoms with E-state index in [0.717, 1.165) is 11.6 Å². The number of nitro groups is 1. The van der Waals surface area contributed by atoms with Crippen molar-refractivity contribution in [2.75, 3.05) is 19.3 Å². The molecule has 8 heteroatoms. The number of hydrogen-bond donors (Lipinski definition) is 0. The molecule has 2 rings (SSSR count). The van der Waals surface area contributed by atoms with Gasteiger partial charge in [0.2, 0.25) is 0 Å². The van der Waals surface area contributed by atoms with Gasteiger partial charge >= 0.3 is 0 Å². The average molecular weight is 402 g/mol. The van der Waals surface area contributed by atoms with E-state index in [1.165, 1.54) is 18.2 Å². The molecule has 0 spiro atoms. The minimum absolute atomic E-state index is 0.00645. The van der Waals surface area contributed by atoms with Gasteiger partial charge in [-0.3, -0.25) is 14.9 Å². The lowest BCUT2D eigenvalue weighted by Crippen LogP contribution is -2.32. The Morgan fingerprint density at radius 2 is 1.79 bits per heavy atom. The molecule has 0 bridgehead atoms. The highest BCUT2D eigenvalue weighted by atomic mass is 32.2.